The van der Waals surface area contributed by atoms with Crippen LogP contribution in [-0.2, 0) is 7.05 Å². The van der Waals surface area contributed by atoms with E-state index < -0.39 is 0 Å². The molecule has 2 aromatic rings. The molecule has 0 saturated heterocycles. The zero-order chi connectivity index (χ0) is 15.5. The molecule has 0 spiro atoms. The molecule has 2 atom stereocenters. The second-order valence-electron chi connectivity index (χ2n) is 7.00. The molecule has 6 nitrogen and oxygen atoms in total. The lowest BCUT2D eigenvalue weighted by Crippen LogP contribution is -2.00. The zero-order valence-corrected chi connectivity index (χ0v) is 13.6. The first-order valence-electron chi connectivity index (χ1n) is 7.46. The van der Waals surface area contributed by atoms with Crippen LogP contribution < -0.4 is 5.73 Å². The molecule has 0 unspecified atom stereocenters. The van der Waals surface area contributed by atoms with Crippen LogP contribution in [0.15, 0.2) is 0 Å². The molecule has 0 amide bonds. The molecule has 6 heteroatoms. The van der Waals surface area contributed by atoms with Gasteiger partial charge in [0, 0.05) is 30.5 Å². The third-order valence-electron chi connectivity index (χ3n) is 4.69. The standard InChI is InChI=1S/C15H24N6/c1-7(2)12-19-13(21(6)20-12)10-9(15(10,4)5)11-8(3)17-14(16)18-11/h7,9-10H,1-6H3,(H3,16,17,18)/t9-,10-/m0/s1. The first-order valence-corrected chi connectivity index (χ1v) is 7.46. The number of H-pyrrole nitrogens is 1. The molecule has 1 saturated carbocycles. The number of aryl methyl sites for hydroxylation is 2. The largest absolute Gasteiger partial charge is 0.369 e. The van der Waals surface area contributed by atoms with Gasteiger partial charge in [0.2, 0.25) is 0 Å². The van der Waals surface area contributed by atoms with Gasteiger partial charge in [-0.2, -0.15) is 5.10 Å². The maximum atomic E-state index is 5.79. The van der Waals surface area contributed by atoms with Crippen molar-refractivity contribution >= 4 is 5.95 Å². The van der Waals surface area contributed by atoms with E-state index in [-0.39, 0.29) is 5.41 Å². The van der Waals surface area contributed by atoms with E-state index in [2.05, 4.69) is 42.8 Å². The third kappa shape index (κ3) is 2.04. The molecular weight excluding hydrogens is 264 g/mol. The lowest BCUT2D eigenvalue weighted by Gasteiger charge is -2.01. The molecule has 0 aromatic carbocycles. The summed E-state index contributed by atoms with van der Waals surface area (Å²) in [5.74, 6) is 3.52. The molecule has 0 bridgehead atoms. The quantitative estimate of drug-likeness (QED) is 0.908. The van der Waals surface area contributed by atoms with Crippen LogP contribution >= 0.6 is 0 Å². The smallest absolute Gasteiger partial charge is 0.197 e. The Morgan fingerprint density at radius 2 is 1.90 bits per heavy atom. The van der Waals surface area contributed by atoms with Gasteiger partial charge < -0.3 is 10.7 Å². The number of hydrogen-bond acceptors (Lipinski definition) is 4. The highest BCUT2D eigenvalue weighted by molar-refractivity contribution is 5.40. The minimum Gasteiger partial charge on any atom is -0.369 e. The zero-order valence-electron chi connectivity index (χ0n) is 13.6. The Kier molecular flexibility index (Phi) is 2.90. The predicted octanol–water partition coefficient (Wildman–Crippen LogP) is 2.46. The van der Waals surface area contributed by atoms with Crippen molar-refractivity contribution in [3.05, 3.63) is 23.0 Å². The molecule has 2 heterocycles. The van der Waals surface area contributed by atoms with Gasteiger partial charge in [-0.05, 0) is 12.3 Å². The molecule has 1 aliphatic rings. The number of hydrogen-bond donors (Lipinski definition) is 2. The lowest BCUT2D eigenvalue weighted by molar-refractivity contribution is 0.575. The molecule has 114 valence electrons. The molecule has 21 heavy (non-hydrogen) atoms. The Labute approximate surface area is 125 Å². The van der Waals surface area contributed by atoms with E-state index in [0.29, 0.717) is 23.7 Å². The van der Waals surface area contributed by atoms with E-state index in [1.54, 1.807) is 0 Å². The monoisotopic (exact) mass is 288 g/mol. The second kappa shape index (κ2) is 4.32. The highest BCUT2D eigenvalue weighted by Gasteiger charge is 2.62. The minimum atomic E-state index is 0.138. The lowest BCUT2D eigenvalue weighted by atomic mass is 10.1. The summed E-state index contributed by atoms with van der Waals surface area (Å²) in [6.07, 6.45) is 0. The summed E-state index contributed by atoms with van der Waals surface area (Å²) in [7, 11) is 1.98. The fourth-order valence-corrected chi connectivity index (χ4v) is 3.39. The summed E-state index contributed by atoms with van der Waals surface area (Å²) in [6.45, 7) is 10.8. The molecule has 0 aliphatic heterocycles. The fourth-order valence-electron chi connectivity index (χ4n) is 3.39. The molecule has 1 fully saturated rings. The van der Waals surface area contributed by atoms with E-state index in [9.17, 15) is 0 Å². The summed E-state index contributed by atoms with van der Waals surface area (Å²) in [6, 6.07) is 0. The molecule has 1 aliphatic carbocycles. The van der Waals surface area contributed by atoms with E-state index in [1.807, 2.05) is 18.7 Å². The van der Waals surface area contributed by atoms with Crippen LogP contribution in [0.4, 0.5) is 5.95 Å². The molecule has 0 radical (unpaired) electrons. The van der Waals surface area contributed by atoms with Gasteiger partial charge in [-0.3, -0.25) is 4.68 Å². The van der Waals surface area contributed by atoms with Crippen molar-refractivity contribution in [2.45, 2.75) is 52.4 Å². The van der Waals surface area contributed by atoms with Crippen molar-refractivity contribution < 1.29 is 0 Å². The third-order valence-corrected chi connectivity index (χ3v) is 4.69. The van der Waals surface area contributed by atoms with Crippen molar-refractivity contribution in [3.8, 4) is 0 Å². The van der Waals surface area contributed by atoms with Crippen molar-refractivity contribution in [3.63, 3.8) is 0 Å². The maximum absolute atomic E-state index is 5.79. The van der Waals surface area contributed by atoms with Crippen LogP contribution in [0.2, 0.25) is 0 Å². The van der Waals surface area contributed by atoms with Crippen molar-refractivity contribution in [1.82, 2.24) is 24.7 Å². The van der Waals surface area contributed by atoms with Gasteiger partial charge in [-0.25, -0.2) is 9.97 Å². The number of aromatic amines is 1. The van der Waals surface area contributed by atoms with Gasteiger partial charge >= 0.3 is 0 Å². The number of aromatic nitrogens is 5. The molecule has 3 N–H and O–H groups in total. The number of rotatable bonds is 3. The Balaban J connectivity index is 1.98. The number of nitrogens with zero attached hydrogens (tertiary/aromatic N) is 4. The van der Waals surface area contributed by atoms with Crippen molar-refractivity contribution in [2.75, 3.05) is 5.73 Å². The van der Waals surface area contributed by atoms with Crippen LogP contribution in [0.3, 0.4) is 0 Å². The first-order chi connectivity index (χ1) is 9.73. The average Bonchev–Trinajstić information content (AvgIpc) is 2.68. The molecule has 2 aromatic heterocycles. The summed E-state index contributed by atoms with van der Waals surface area (Å²) in [5.41, 5.74) is 8.05. The average molecular weight is 288 g/mol. The van der Waals surface area contributed by atoms with Crippen LogP contribution in [-0.4, -0.2) is 24.7 Å². The van der Waals surface area contributed by atoms with Gasteiger partial charge in [-0.1, -0.05) is 27.7 Å². The normalized spacial score (nSPS) is 23.8. The fraction of sp³-hybridized carbons (Fsp3) is 0.667. The van der Waals surface area contributed by atoms with E-state index in [1.165, 1.54) is 0 Å². The van der Waals surface area contributed by atoms with Gasteiger partial charge in [0.25, 0.3) is 0 Å². The van der Waals surface area contributed by atoms with E-state index in [4.69, 9.17) is 10.7 Å². The summed E-state index contributed by atoms with van der Waals surface area (Å²) in [5, 5.41) is 4.55. The van der Waals surface area contributed by atoms with Crippen molar-refractivity contribution in [2.24, 2.45) is 12.5 Å². The van der Waals surface area contributed by atoms with Crippen molar-refractivity contribution in [1.29, 1.82) is 0 Å². The van der Waals surface area contributed by atoms with Gasteiger partial charge in [0.1, 0.15) is 5.82 Å². The summed E-state index contributed by atoms with van der Waals surface area (Å²) >= 11 is 0. The van der Waals surface area contributed by atoms with Crippen LogP contribution in [0.5, 0.6) is 0 Å². The second-order valence-corrected chi connectivity index (χ2v) is 7.00. The first kappa shape index (κ1) is 14.1. The van der Waals surface area contributed by atoms with Gasteiger partial charge in [0.05, 0.1) is 5.69 Å². The minimum absolute atomic E-state index is 0.138. The predicted molar refractivity (Wildman–Crippen MR) is 82.1 cm³/mol. The Morgan fingerprint density at radius 1 is 1.24 bits per heavy atom. The number of nitrogen functional groups attached to an aromatic ring is 1. The summed E-state index contributed by atoms with van der Waals surface area (Å²) in [4.78, 5) is 12.3. The maximum Gasteiger partial charge on any atom is 0.197 e. The SMILES string of the molecule is Cc1nc(N)[nH]c1[C@@H]1[C@@H](c2nc(C(C)C)nn2C)C1(C)C. The van der Waals surface area contributed by atoms with Crippen LogP contribution in [0.25, 0.3) is 0 Å². The number of nitrogens with one attached hydrogen (secondary N) is 1. The molecule has 3 rings (SSSR count). The van der Waals surface area contributed by atoms with Crippen LogP contribution in [0.1, 0.15) is 68.5 Å². The Hall–Kier alpha value is -1.85. The van der Waals surface area contributed by atoms with E-state index >= 15 is 0 Å². The van der Waals surface area contributed by atoms with Crippen LogP contribution in [0, 0.1) is 12.3 Å². The Bertz CT molecular complexity index is 678. The number of imidazole rings is 1. The van der Waals surface area contributed by atoms with Gasteiger partial charge in [0.15, 0.2) is 11.8 Å². The van der Waals surface area contributed by atoms with Gasteiger partial charge in [-0.15, -0.1) is 0 Å². The number of nitrogens with two attached hydrogens (primary N) is 1. The molecular formula is C15H24N6. The number of anilines is 1. The Morgan fingerprint density at radius 3 is 2.38 bits per heavy atom. The highest BCUT2D eigenvalue weighted by atomic mass is 15.3. The van der Waals surface area contributed by atoms with E-state index in [0.717, 1.165) is 23.0 Å². The summed E-state index contributed by atoms with van der Waals surface area (Å²) < 4.78 is 1.93. The topological polar surface area (TPSA) is 85.4 Å². The highest BCUT2D eigenvalue weighted by Crippen LogP contribution is 2.69.